The Labute approximate surface area is 94.6 Å². The van der Waals surface area contributed by atoms with Crippen LogP contribution in [0.4, 0.5) is 0 Å². The highest BCUT2D eigenvalue weighted by Crippen LogP contribution is 2.59. The molecule has 16 heavy (non-hydrogen) atoms. The molecule has 0 spiro atoms. The largest absolute Gasteiger partial charge is 0.295 e. The van der Waals surface area contributed by atoms with E-state index in [1.54, 1.807) is 0 Å². The van der Waals surface area contributed by atoms with Crippen molar-refractivity contribution in [1.29, 1.82) is 0 Å². The summed E-state index contributed by atoms with van der Waals surface area (Å²) in [5.74, 6) is -0.125. The van der Waals surface area contributed by atoms with Crippen molar-refractivity contribution in [3.05, 3.63) is 23.8 Å². The van der Waals surface area contributed by atoms with E-state index in [-0.39, 0.29) is 11.8 Å². The van der Waals surface area contributed by atoms with Gasteiger partial charge in [0.1, 0.15) is 0 Å². The van der Waals surface area contributed by atoms with E-state index in [2.05, 4.69) is 17.5 Å². The van der Waals surface area contributed by atoms with Gasteiger partial charge in [-0.3, -0.25) is 14.9 Å². The smallest absolute Gasteiger partial charge is 0.234 e. The first-order valence-corrected chi connectivity index (χ1v) is 5.77. The standard InChI is InChI=1S/C13H15NO2/c1-9-4-7-12-5-2-3-6-13(12,8-9)11(16)14-10(12)15/h2-4H,5-8H2,1H3,(H,14,15,16)/t12-,13-/m0/s1. The molecule has 1 aliphatic heterocycles. The fraction of sp³-hybridized carbons (Fsp3) is 0.538. The molecule has 3 rings (SSSR count). The average molecular weight is 217 g/mol. The van der Waals surface area contributed by atoms with Crippen molar-refractivity contribution in [2.45, 2.75) is 32.6 Å². The molecule has 1 heterocycles. The van der Waals surface area contributed by atoms with E-state index in [0.29, 0.717) is 19.3 Å². The maximum atomic E-state index is 12.1. The Balaban J connectivity index is 2.21. The van der Waals surface area contributed by atoms with Gasteiger partial charge in [-0.15, -0.1) is 0 Å². The Morgan fingerprint density at radius 2 is 1.69 bits per heavy atom. The zero-order chi connectivity index (χ0) is 11.4. The molecular formula is C13H15NO2. The second-order valence-electron chi connectivity index (χ2n) is 5.26. The van der Waals surface area contributed by atoms with Crippen LogP contribution in [0.5, 0.6) is 0 Å². The van der Waals surface area contributed by atoms with E-state index >= 15 is 0 Å². The molecule has 0 aromatic carbocycles. The van der Waals surface area contributed by atoms with Crippen LogP contribution in [0.25, 0.3) is 0 Å². The van der Waals surface area contributed by atoms with Crippen molar-refractivity contribution in [2.75, 3.05) is 0 Å². The van der Waals surface area contributed by atoms with Crippen molar-refractivity contribution >= 4 is 11.8 Å². The highest BCUT2D eigenvalue weighted by molar-refractivity contribution is 6.10. The summed E-state index contributed by atoms with van der Waals surface area (Å²) >= 11 is 0. The van der Waals surface area contributed by atoms with Crippen LogP contribution in [0.3, 0.4) is 0 Å². The van der Waals surface area contributed by atoms with Crippen molar-refractivity contribution in [1.82, 2.24) is 5.32 Å². The van der Waals surface area contributed by atoms with E-state index in [9.17, 15) is 9.59 Å². The summed E-state index contributed by atoms with van der Waals surface area (Å²) in [7, 11) is 0. The molecule has 0 unspecified atom stereocenters. The quantitative estimate of drug-likeness (QED) is 0.496. The lowest BCUT2D eigenvalue weighted by molar-refractivity contribution is -0.136. The third-order valence-electron chi connectivity index (χ3n) is 4.49. The summed E-state index contributed by atoms with van der Waals surface area (Å²) in [5.41, 5.74) is 0.256. The molecule has 3 nitrogen and oxygen atoms in total. The summed E-state index contributed by atoms with van der Waals surface area (Å²) in [5, 5.41) is 2.55. The molecule has 84 valence electrons. The van der Waals surface area contributed by atoms with Gasteiger partial charge in [0.25, 0.3) is 0 Å². The van der Waals surface area contributed by atoms with Crippen LogP contribution in [-0.2, 0) is 9.59 Å². The highest BCUT2D eigenvalue weighted by Gasteiger charge is 2.65. The van der Waals surface area contributed by atoms with Crippen LogP contribution in [0.2, 0.25) is 0 Å². The first-order chi connectivity index (χ1) is 7.61. The molecule has 1 saturated heterocycles. The van der Waals surface area contributed by atoms with Gasteiger partial charge in [0.2, 0.25) is 11.8 Å². The second-order valence-corrected chi connectivity index (χ2v) is 5.26. The summed E-state index contributed by atoms with van der Waals surface area (Å²) < 4.78 is 0. The second kappa shape index (κ2) is 2.84. The van der Waals surface area contributed by atoms with Gasteiger partial charge >= 0.3 is 0 Å². The number of imide groups is 1. The molecule has 0 aromatic rings. The van der Waals surface area contributed by atoms with Crippen LogP contribution in [0.1, 0.15) is 32.6 Å². The number of hydrogen-bond acceptors (Lipinski definition) is 2. The molecular weight excluding hydrogens is 202 g/mol. The van der Waals surface area contributed by atoms with Crippen LogP contribution in [0, 0.1) is 10.8 Å². The van der Waals surface area contributed by atoms with Crippen LogP contribution >= 0.6 is 0 Å². The fourth-order valence-electron chi connectivity index (χ4n) is 3.51. The van der Waals surface area contributed by atoms with E-state index in [1.807, 2.05) is 13.0 Å². The van der Waals surface area contributed by atoms with Gasteiger partial charge in [0.15, 0.2) is 0 Å². The van der Waals surface area contributed by atoms with Crippen LogP contribution < -0.4 is 5.32 Å². The number of nitrogens with one attached hydrogen (secondary N) is 1. The lowest BCUT2D eigenvalue weighted by atomic mass is 9.53. The van der Waals surface area contributed by atoms with E-state index < -0.39 is 10.8 Å². The topological polar surface area (TPSA) is 46.2 Å². The zero-order valence-electron chi connectivity index (χ0n) is 9.38. The minimum atomic E-state index is -0.488. The van der Waals surface area contributed by atoms with E-state index in [4.69, 9.17) is 0 Å². The fourth-order valence-corrected chi connectivity index (χ4v) is 3.51. The van der Waals surface area contributed by atoms with Gasteiger partial charge in [-0.1, -0.05) is 23.8 Å². The summed E-state index contributed by atoms with van der Waals surface area (Å²) in [6, 6.07) is 0. The van der Waals surface area contributed by atoms with Gasteiger partial charge in [0.05, 0.1) is 10.8 Å². The van der Waals surface area contributed by atoms with Gasteiger partial charge in [-0.05, 0) is 32.6 Å². The Morgan fingerprint density at radius 3 is 2.44 bits per heavy atom. The van der Waals surface area contributed by atoms with E-state index in [1.165, 1.54) is 5.57 Å². The summed E-state index contributed by atoms with van der Waals surface area (Å²) in [6.07, 6.45) is 9.06. The van der Waals surface area contributed by atoms with Crippen LogP contribution in [0.15, 0.2) is 23.8 Å². The maximum Gasteiger partial charge on any atom is 0.234 e. The van der Waals surface area contributed by atoms with E-state index in [0.717, 1.165) is 6.42 Å². The number of rotatable bonds is 0. The molecule has 0 aromatic heterocycles. The third-order valence-corrected chi connectivity index (χ3v) is 4.49. The zero-order valence-corrected chi connectivity index (χ0v) is 9.38. The molecule has 1 N–H and O–H groups in total. The number of allylic oxidation sites excluding steroid dienone is 4. The van der Waals surface area contributed by atoms with Gasteiger partial charge in [-0.2, -0.15) is 0 Å². The van der Waals surface area contributed by atoms with Crippen LogP contribution in [-0.4, -0.2) is 11.8 Å². The Bertz CT molecular complexity index is 449. The normalized spacial score (nSPS) is 41.2. The Morgan fingerprint density at radius 1 is 1.06 bits per heavy atom. The number of hydrogen-bond donors (Lipinski definition) is 1. The maximum absolute atomic E-state index is 12.1. The minimum absolute atomic E-state index is 0.0608. The first kappa shape index (κ1) is 9.82. The molecule has 2 aliphatic carbocycles. The van der Waals surface area contributed by atoms with Crippen molar-refractivity contribution in [2.24, 2.45) is 10.8 Å². The molecule has 0 bridgehead atoms. The predicted molar refractivity (Wildman–Crippen MR) is 59.4 cm³/mol. The predicted octanol–water partition coefficient (Wildman–Crippen LogP) is 1.71. The molecule has 3 aliphatic rings. The molecule has 1 fully saturated rings. The highest BCUT2D eigenvalue weighted by atomic mass is 16.2. The first-order valence-electron chi connectivity index (χ1n) is 5.77. The van der Waals surface area contributed by atoms with Gasteiger partial charge < -0.3 is 0 Å². The lowest BCUT2D eigenvalue weighted by Crippen LogP contribution is -2.47. The van der Waals surface area contributed by atoms with Crippen molar-refractivity contribution in [3.63, 3.8) is 0 Å². The Hall–Kier alpha value is -1.38. The molecule has 2 atom stereocenters. The summed E-state index contributed by atoms with van der Waals surface area (Å²) in [4.78, 5) is 24.2. The molecule has 3 heteroatoms. The lowest BCUT2D eigenvalue weighted by Gasteiger charge is -2.45. The summed E-state index contributed by atoms with van der Waals surface area (Å²) in [6.45, 7) is 2.05. The van der Waals surface area contributed by atoms with Crippen molar-refractivity contribution < 1.29 is 9.59 Å². The molecule has 2 amide bonds. The Kier molecular flexibility index (Phi) is 1.74. The van der Waals surface area contributed by atoms with Gasteiger partial charge in [0, 0.05) is 0 Å². The molecule has 0 radical (unpaired) electrons. The minimum Gasteiger partial charge on any atom is -0.295 e. The molecule has 0 saturated carbocycles. The number of carbonyl (C=O) groups is 2. The van der Waals surface area contributed by atoms with Gasteiger partial charge in [-0.25, -0.2) is 0 Å². The monoisotopic (exact) mass is 217 g/mol. The SMILES string of the molecule is CC1=CC[C@]23CC=CC[C@]2(C1)C(=O)NC3=O. The number of carbonyl (C=O) groups excluding carboxylic acids is 2. The third kappa shape index (κ3) is 0.896. The van der Waals surface area contributed by atoms with Crippen molar-refractivity contribution in [3.8, 4) is 0 Å². The average Bonchev–Trinajstić information content (AvgIpc) is 2.49. The number of amides is 2.